The number of nitrogens with zero attached hydrogens (tertiary/aromatic N) is 2. The summed E-state index contributed by atoms with van der Waals surface area (Å²) in [6.45, 7) is 25.8. The van der Waals surface area contributed by atoms with Crippen molar-refractivity contribution in [3.05, 3.63) is 12.7 Å². The Morgan fingerprint density at radius 2 is 1.55 bits per heavy atom. The van der Waals surface area contributed by atoms with Crippen LogP contribution in [0.15, 0.2) is 12.7 Å². The minimum atomic E-state index is -4.35. The van der Waals surface area contributed by atoms with Crippen molar-refractivity contribution in [2.75, 3.05) is 32.9 Å². The van der Waals surface area contributed by atoms with Crippen molar-refractivity contribution in [1.29, 1.82) is 0 Å². The first kappa shape index (κ1) is 52.5. The smallest absolute Gasteiger partial charge is 0.355 e. The molecule has 1 aliphatic rings. The van der Waals surface area contributed by atoms with Gasteiger partial charge in [0.15, 0.2) is 5.78 Å². The van der Waals surface area contributed by atoms with E-state index in [1.807, 2.05) is 73.0 Å². The number of urea groups is 1. The summed E-state index contributed by atoms with van der Waals surface area (Å²) in [6.07, 6.45) is 0.501. The van der Waals surface area contributed by atoms with Gasteiger partial charge in [-0.15, -0.1) is 6.58 Å². The second kappa shape index (κ2) is 26.9. The van der Waals surface area contributed by atoms with Crippen molar-refractivity contribution in [3.8, 4) is 0 Å². The number of likely N-dealkylation sites (N-methyl/N-ethyl adjacent to an activating group) is 1. The number of ketones is 1. The molecular formula is C36H69F3N6O5S. The van der Waals surface area contributed by atoms with Gasteiger partial charge < -0.3 is 26.2 Å². The molecule has 11 nitrogen and oxygen atoms in total. The summed E-state index contributed by atoms with van der Waals surface area (Å²) in [7, 11) is 1.93. The van der Waals surface area contributed by atoms with Crippen molar-refractivity contribution >= 4 is 42.0 Å². The number of halogens is 3. The molecule has 1 aliphatic heterocycles. The van der Waals surface area contributed by atoms with Gasteiger partial charge in [-0.25, -0.2) is 4.79 Å². The third-order valence-electron chi connectivity index (χ3n) is 7.43. The minimum absolute atomic E-state index is 0.145. The van der Waals surface area contributed by atoms with E-state index in [9.17, 15) is 37.1 Å². The van der Waals surface area contributed by atoms with Crippen molar-refractivity contribution in [2.45, 2.75) is 145 Å². The fourth-order valence-electron chi connectivity index (χ4n) is 4.60. The van der Waals surface area contributed by atoms with E-state index in [2.05, 4.69) is 41.7 Å². The van der Waals surface area contributed by atoms with Crippen LogP contribution in [-0.2, 0) is 19.2 Å². The van der Waals surface area contributed by atoms with Gasteiger partial charge in [0.2, 0.25) is 18.2 Å². The lowest BCUT2D eigenvalue weighted by atomic mass is 9.85. The Morgan fingerprint density at radius 3 is 1.94 bits per heavy atom. The Labute approximate surface area is 310 Å². The number of carbonyl (C=O) groups excluding carboxylic acids is 5. The molecule has 5 amide bonds. The number of amides is 5. The first-order valence-electron chi connectivity index (χ1n) is 17.8. The molecule has 51 heavy (non-hydrogen) atoms. The molecule has 300 valence electrons. The van der Waals surface area contributed by atoms with E-state index < -0.39 is 59.8 Å². The molecule has 4 N–H and O–H groups in total. The van der Waals surface area contributed by atoms with Crippen LogP contribution in [0.2, 0.25) is 0 Å². The van der Waals surface area contributed by atoms with Crippen molar-refractivity contribution < 1.29 is 37.1 Å². The maximum absolute atomic E-state index is 13.8. The number of alkyl halides is 3. The molecule has 0 bridgehead atoms. The molecular weight excluding hydrogens is 685 g/mol. The van der Waals surface area contributed by atoms with Gasteiger partial charge in [-0.05, 0) is 56.7 Å². The van der Waals surface area contributed by atoms with Crippen LogP contribution in [0.1, 0.15) is 115 Å². The van der Waals surface area contributed by atoms with Crippen LogP contribution >= 0.6 is 11.9 Å². The monoisotopic (exact) mass is 755 g/mol. The number of hydrogen-bond acceptors (Lipinski definition) is 7. The average molecular weight is 755 g/mol. The van der Waals surface area contributed by atoms with E-state index in [1.54, 1.807) is 18.0 Å². The highest BCUT2D eigenvalue weighted by Gasteiger charge is 2.43. The summed E-state index contributed by atoms with van der Waals surface area (Å²) < 4.78 is 39.7. The summed E-state index contributed by atoms with van der Waals surface area (Å²) in [5, 5.41) is 10.8. The second-order valence-corrected chi connectivity index (χ2v) is 15.2. The van der Waals surface area contributed by atoms with Crippen LogP contribution in [0.5, 0.6) is 0 Å². The van der Waals surface area contributed by atoms with E-state index in [0.717, 1.165) is 0 Å². The lowest BCUT2D eigenvalue weighted by molar-refractivity contribution is -0.143. The molecule has 4 atom stereocenters. The Kier molecular flexibility index (Phi) is 27.7. The van der Waals surface area contributed by atoms with Crippen LogP contribution in [0.4, 0.5) is 18.0 Å². The fourth-order valence-corrected chi connectivity index (χ4v) is 4.90. The highest BCUT2D eigenvalue weighted by molar-refractivity contribution is 7.96. The molecule has 15 heteroatoms. The van der Waals surface area contributed by atoms with Gasteiger partial charge in [0.25, 0.3) is 0 Å². The Morgan fingerprint density at radius 1 is 1.00 bits per heavy atom. The molecule has 0 saturated carbocycles. The van der Waals surface area contributed by atoms with E-state index in [4.69, 9.17) is 0 Å². The molecule has 4 unspecified atom stereocenters. The third kappa shape index (κ3) is 24.1. The highest BCUT2D eigenvalue weighted by Crippen LogP contribution is 2.27. The zero-order chi connectivity index (χ0) is 40.6. The maximum Gasteiger partial charge on any atom is 0.389 e. The van der Waals surface area contributed by atoms with E-state index in [0.29, 0.717) is 32.3 Å². The topological polar surface area (TPSA) is 140 Å². The van der Waals surface area contributed by atoms with Crippen LogP contribution in [0, 0.1) is 10.8 Å². The largest absolute Gasteiger partial charge is 0.389 e. The summed E-state index contributed by atoms with van der Waals surface area (Å²) in [6, 6.07) is -3.61. The second-order valence-electron chi connectivity index (χ2n) is 14.2. The summed E-state index contributed by atoms with van der Waals surface area (Å²) in [5.41, 5.74) is -0.946. The first-order chi connectivity index (χ1) is 23.5. The van der Waals surface area contributed by atoms with Gasteiger partial charge in [-0.1, -0.05) is 93.7 Å². The first-order valence-corrected chi connectivity index (χ1v) is 19.0. The van der Waals surface area contributed by atoms with Gasteiger partial charge >= 0.3 is 12.2 Å². The number of nitrogens with one attached hydrogen (secondary N) is 4. The molecule has 0 aromatic heterocycles. The molecule has 1 heterocycles. The minimum Gasteiger partial charge on any atom is -0.355 e. The molecule has 0 aromatic rings. The van der Waals surface area contributed by atoms with Crippen LogP contribution in [0.25, 0.3) is 0 Å². The van der Waals surface area contributed by atoms with Gasteiger partial charge in [0, 0.05) is 32.1 Å². The van der Waals surface area contributed by atoms with Gasteiger partial charge in [-0.2, -0.15) is 13.2 Å². The number of carbonyl (C=O) groups is 5. The Balaban J connectivity index is -0.00000183. The zero-order valence-corrected chi connectivity index (χ0v) is 34.3. The summed E-state index contributed by atoms with van der Waals surface area (Å²) >= 11 is 1.54. The molecule has 0 radical (unpaired) electrons. The summed E-state index contributed by atoms with van der Waals surface area (Å²) in [5.74, 6) is -1.45. The Bertz CT molecular complexity index is 1030. The molecule has 1 saturated heterocycles. The van der Waals surface area contributed by atoms with Crippen LogP contribution in [0.3, 0.4) is 0 Å². The van der Waals surface area contributed by atoms with E-state index in [1.165, 1.54) is 18.2 Å². The SMILES string of the molecule is C=CCNC=O.CC.CCC.CSN(C)CC(NC(=O)NC(C(=O)N1CCCC1C(=O)NC(CCCC(F)(F)F)C(C)=O)C(C)(C)C)C(C)(C)C. The van der Waals surface area contributed by atoms with Crippen molar-refractivity contribution in [2.24, 2.45) is 10.8 Å². The molecule has 0 spiro atoms. The number of likely N-dealkylation sites (tertiary alicyclic amines) is 1. The lowest BCUT2D eigenvalue weighted by Crippen LogP contribution is -2.61. The highest BCUT2D eigenvalue weighted by atomic mass is 32.2. The van der Waals surface area contributed by atoms with Gasteiger partial charge in [0.1, 0.15) is 12.1 Å². The molecule has 0 aromatic carbocycles. The van der Waals surface area contributed by atoms with Crippen LogP contribution in [-0.4, -0.2) is 103 Å². The third-order valence-corrected chi connectivity index (χ3v) is 8.21. The predicted octanol–water partition coefficient (Wildman–Crippen LogP) is 6.48. The van der Waals surface area contributed by atoms with Crippen molar-refractivity contribution in [3.63, 3.8) is 0 Å². The van der Waals surface area contributed by atoms with E-state index in [-0.39, 0.29) is 30.8 Å². The lowest BCUT2D eigenvalue weighted by Gasteiger charge is -2.37. The Hall–Kier alpha value is -2.81. The van der Waals surface area contributed by atoms with Crippen molar-refractivity contribution in [1.82, 2.24) is 30.5 Å². The molecule has 1 fully saturated rings. The normalized spacial score (nSPS) is 15.9. The zero-order valence-electron chi connectivity index (χ0n) is 33.5. The number of Topliss-reactive ketones (excluding diaryl/α,β-unsaturated/α-hetero) is 1. The standard InChI is InChI=1S/C27H48F3N5O4S.C4H7NO.C3H8.C2H6/c1-17(36)18(12-10-14-27(28,29)30)31-22(37)19-13-11-15-35(19)23(38)21(26(5,6)7)33-24(39)32-20(25(2,3)4)16-34(8)40-9;1-2-3-5-4-6;1-3-2;1-2/h18-21H,10-16H2,1-9H3,(H,31,37)(H2,32,33,39);2,4H,1,3H2,(H,5,6);3H2,1-2H3;1-2H3. The predicted molar refractivity (Wildman–Crippen MR) is 203 cm³/mol. The number of rotatable bonds is 15. The maximum atomic E-state index is 13.8. The number of hydrogen-bond donors (Lipinski definition) is 4. The van der Waals surface area contributed by atoms with Gasteiger partial charge in [-0.3, -0.25) is 23.5 Å². The van der Waals surface area contributed by atoms with Crippen LogP contribution < -0.4 is 21.3 Å². The molecule has 0 aliphatic carbocycles. The van der Waals surface area contributed by atoms with Gasteiger partial charge in [0.05, 0.1) is 6.04 Å². The average Bonchev–Trinajstić information content (AvgIpc) is 3.52. The fraction of sp³-hybridized carbons (Fsp3) is 0.806. The van der Waals surface area contributed by atoms with E-state index >= 15 is 0 Å². The molecule has 1 rings (SSSR count). The summed E-state index contributed by atoms with van der Waals surface area (Å²) in [4.78, 5) is 62.9. The quantitative estimate of drug-likeness (QED) is 0.0650.